The Hall–Kier alpha value is -3.58. The second-order valence-corrected chi connectivity index (χ2v) is 10.2. The topological polar surface area (TPSA) is 78.5 Å². The third kappa shape index (κ3) is 5.46. The smallest absolute Gasteiger partial charge is 0.257 e. The minimum atomic E-state index is -0.246. The van der Waals surface area contributed by atoms with Crippen molar-refractivity contribution in [2.24, 2.45) is 5.41 Å². The molecule has 0 aromatic carbocycles. The Balaban J connectivity index is 1.47. The Morgan fingerprint density at radius 1 is 1.14 bits per heavy atom. The zero-order valence-electron chi connectivity index (χ0n) is 21.3. The maximum atomic E-state index is 12.7. The summed E-state index contributed by atoms with van der Waals surface area (Å²) in [5.74, 6) is -0.246. The number of carbonyl (C=O) groups excluding carboxylic acids is 1. The summed E-state index contributed by atoms with van der Waals surface area (Å²) >= 11 is 6.02. The standard InChI is InChI=1S/C28H31ClN6O/c1-19(9-10-22-21(3)23(11-12-28(22,4)5)34-14-13-30-17-34)7-6-8-20(2)15-24(36)35-18-33-25-26(29)31-16-32-27(25)35/h6-10,13-18,23H,11-12H2,1-5H3. The van der Waals surface area contributed by atoms with Gasteiger partial charge < -0.3 is 4.57 Å². The van der Waals surface area contributed by atoms with Crippen LogP contribution in [0.4, 0.5) is 0 Å². The number of fused-ring (bicyclic) bond motifs is 1. The van der Waals surface area contributed by atoms with Gasteiger partial charge in [0, 0.05) is 18.5 Å². The van der Waals surface area contributed by atoms with Crippen molar-refractivity contribution in [1.82, 2.24) is 29.1 Å². The van der Waals surface area contributed by atoms with Crippen LogP contribution in [0, 0.1) is 5.41 Å². The molecular weight excluding hydrogens is 472 g/mol. The van der Waals surface area contributed by atoms with Gasteiger partial charge in [-0.15, -0.1) is 0 Å². The van der Waals surface area contributed by atoms with E-state index in [9.17, 15) is 4.79 Å². The molecule has 4 rings (SSSR count). The number of nitrogens with zero attached hydrogens (tertiary/aromatic N) is 6. The first kappa shape index (κ1) is 25.5. The van der Waals surface area contributed by atoms with Crippen molar-refractivity contribution < 1.29 is 4.79 Å². The van der Waals surface area contributed by atoms with Crippen LogP contribution in [-0.4, -0.2) is 35.0 Å². The highest BCUT2D eigenvalue weighted by Gasteiger charge is 2.32. The average Bonchev–Trinajstić information content (AvgIpc) is 3.49. The molecule has 1 unspecified atom stereocenters. The predicted molar refractivity (Wildman–Crippen MR) is 144 cm³/mol. The number of aromatic nitrogens is 6. The summed E-state index contributed by atoms with van der Waals surface area (Å²) in [6, 6.07) is 0.352. The van der Waals surface area contributed by atoms with Gasteiger partial charge in [0.1, 0.15) is 18.2 Å². The van der Waals surface area contributed by atoms with Gasteiger partial charge in [0.05, 0.1) is 12.4 Å². The minimum Gasteiger partial charge on any atom is -0.330 e. The molecule has 0 bridgehead atoms. The minimum absolute atomic E-state index is 0.125. The van der Waals surface area contributed by atoms with E-state index in [4.69, 9.17) is 11.6 Å². The molecule has 0 fully saturated rings. The fourth-order valence-corrected chi connectivity index (χ4v) is 4.82. The lowest BCUT2D eigenvalue weighted by Gasteiger charge is -2.37. The molecule has 1 aliphatic carbocycles. The molecule has 3 aromatic heterocycles. The average molecular weight is 503 g/mol. The molecular formula is C28H31ClN6O. The van der Waals surface area contributed by atoms with Gasteiger partial charge in [-0.1, -0.05) is 61.4 Å². The molecule has 186 valence electrons. The summed E-state index contributed by atoms with van der Waals surface area (Å²) < 4.78 is 3.57. The summed E-state index contributed by atoms with van der Waals surface area (Å²) in [5.41, 5.74) is 5.62. The summed E-state index contributed by atoms with van der Waals surface area (Å²) in [4.78, 5) is 29.1. The zero-order valence-corrected chi connectivity index (χ0v) is 22.1. The van der Waals surface area contributed by atoms with Crippen LogP contribution >= 0.6 is 11.6 Å². The number of rotatable bonds is 6. The summed E-state index contributed by atoms with van der Waals surface area (Å²) in [5, 5.41) is 0.223. The van der Waals surface area contributed by atoms with Crippen molar-refractivity contribution in [2.75, 3.05) is 0 Å². The van der Waals surface area contributed by atoms with Gasteiger partial charge in [-0.2, -0.15) is 0 Å². The van der Waals surface area contributed by atoms with Crippen LogP contribution in [0.3, 0.4) is 0 Å². The zero-order chi connectivity index (χ0) is 25.9. The fraction of sp³-hybridized carbons (Fsp3) is 0.321. The molecule has 3 heterocycles. The van der Waals surface area contributed by atoms with Crippen LogP contribution in [0.5, 0.6) is 0 Å². The van der Waals surface area contributed by atoms with Crippen LogP contribution < -0.4 is 0 Å². The Labute approximate surface area is 216 Å². The van der Waals surface area contributed by atoms with Crippen molar-refractivity contribution in [1.29, 1.82) is 0 Å². The third-order valence-electron chi connectivity index (χ3n) is 6.69. The van der Waals surface area contributed by atoms with Crippen LogP contribution in [0.2, 0.25) is 5.15 Å². The molecule has 0 amide bonds. The second kappa shape index (κ2) is 10.6. The highest BCUT2D eigenvalue weighted by molar-refractivity contribution is 6.33. The van der Waals surface area contributed by atoms with Gasteiger partial charge in [0.25, 0.3) is 5.91 Å². The number of imidazole rings is 2. The number of carbonyl (C=O) groups is 1. The van der Waals surface area contributed by atoms with Gasteiger partial charge in [0.15, 0.2) is 10.8 Å². The van der Waals surface area contributed by atoms with Gasteiger partial charge in [-0.05, 0) is 55.7 Å². The van der Waals surface area contributed by atoms with E-state index in [1.807, 2.05) is 43.9 Å². The summed E-state index contributed by atoms with van der Waals surface area (Å²) in [6.45, 7) is 10.8. The maximum absolute atomic E-state index is 12.7. The first-order valence-electron chi connectivity index (χ1n) is 12.0. The van der Waals surface area contributed by atoms with Gasteiger partial charge in [-0.25, -0.2) is 24.5 Å². The van der Waals surface area contributed by atoms with Crippen LogP contribution in [-0.2, 0) is 0 Å². The maximum Gasteiger partial charge on any atom is 0.257 e. The molecule has 0 N–H and O–H groups in total. The van der Waals surface area contributed by atoms with E-state index in [1.54, 1.807) is 6.08 Å². The number of hydrogen-bond donors (Lipinski definition) is 0. The van der Waals surface area contributed by atoms with E-state index in [2.05, 4.69) is 64.4 Å². The quantitative estimate of drug-likeness (QED) is 0.213. The fourth-order valence-electron chi connectivity index (χ4n) is 4.65. The molecule has 0 radical (unpaired) electrons. The lowest BCUT2D eigenvalue weighted by atomic mass is 9.71. The number of allylic oxidation sites excluding steroid dienone is 10. The van der Waals surface area contributed by atoms with E-state index >= 15 is 0 Å². The van der Waals surface area contributed by atoms with Crippen molar-refractivity contribution in [3.05, 3.63) is 95.3 Å². The lowest BCUT2D eigenvalue weighted by Crippen LogP contribution is -2.25. The second-order valence-electron chi connectivity index (χ2n) is 9.83. The van der Waals surface area contributed by atoms with Gasteiger partial charge >= 0.3 is 0 Å². The molecule has 0 aliphatic heterocycles. The molecule has 3 aromatic rings. The highest BCUT2D eigenvalue weighted by Crippen LogP contribution is 2.45. The van der Waals surface area contributed by atoms with E-state index in [-0.39, 0.29) is 16.5 Å². The molecule has 0 saturated heterocycles. The number of halogens is 1. The molecule has 1 atom stereocenters. The highest BCUT2D eigenvalue weighted by atomic mass is 35.5. The Kier molecular flexibility index (Phi) is 7.50. The SMILES string of the molecule is CC(C=CC1=C(C)C(n2ccnc2)CCC1(C)C)=CC=CC(C)=CC(=O)n1cnc2c(Cl)ncnc21. The van der Waals surface area contributed by atoms with E-state index in [0.29, 0.717) is 17.2 Å². The van der Waals surface area contributed by atoms with E-state index in [0.717, 1.165) is 24.0 Å². The largest absolute Gasteiger partial charge is 0.330 e. The summed E-state index contributed by atoms with van der Waals surface area (Å²) in [7, 11) is 0. The molecule has 8 heteroatoms. The predicted octanol–water partition coefficient (Wildman–Crippen LogP) is 6.70. The van der Waals surface area contributed by atoms with Crippen LogP contribution in [0.15, 0.2) is 90.1 Å². The normalized spacial score (nSPS) is 19.2. The first-order chi connectivity index (χ1) is 17.2. The van der Waals surface area contributed by atoms with Gasteiger partial charge in [-0.3, -0.25) is 4.79 Å². The van der Waals surface area contributed by atoms with E-state index in [1.165, 1.54) is 28.4 Å². The van der Waals surface area contributed by atoms with Gasteiger partial charge in [0.2, 0.25) is 0 Å². The monoisotopic (exact) mass is 502 g/mol. The molecule has 1 aliphatic rings. The first-order valence-corrected chi connectivity index (χ1v) is 12.3. The molecule has 0 saturated carbocycles. The molecule has 0 spiro atoms. The van der Waals surface area contributed by atoms with Crippen molar-refractivity contribution in [3.8, 4) is 0 Å². The lowest BCUT2D eigenvalue weighted by molar-refractivity contribution is 0.0972. The van der Waals surface area contributed by atoms with Crippen LogP contribution in [0.25, 0.3) is 11.2 Å². The van der Waals surface area contributed by atoms with E-state index < -0.39 is 0 Å². The van der Waals surface area contributed by atoms with Crippen molar-refractivity contribution in [2.45, 2.75) is 53.5 Å². The Bertz CT molecular complexity index is 1420. The van der Waals surface area contributed by atoms with Crippen LogP contribution in [0.1, 0.15) is 58.3 Å². The molecule has 36 heavy (non-hydrogen) atoms. The third-order valence-corrected chi connectivity index (χ3v) is 6.97. The Morgan fingerprint density at radius 2 is 1.94 bits per heavy atom. The van der Waals surface area contributed by atoms with Crippen molar-refractivity contribution >= 4 is 28.7 Å². The number of hydrogen-bond acceptors (Lipinski definition) is 5. The Morgan fingerprint density at radius 3 is 2.69 bits per heavy atom. The summed E-state index contributed by atoms with van der Waals surface area (Å²) in [6.07, 6.45) is 22.6. The van der Waals surface area contributed by atoms with Crippen molar-refractivity contribution in [3.63, 3.8) is 0 Å². The molecule has 7 nitrogen and oxygen atoms in total.